The molecule has 1 aliphatic rings. The molecule has 1 aromatic heterocycles. The van der Waals surface area contributed by atoms with Crippen molar-refractivity contribution in [2.24, 2.45) is 5.14 Å². The third-order valence-corrected chi connectivity index (χ3v) is 5.78. The van der Waals surface area contributed by atoms with Gasteiger partial charge in [0.15, 0.2) is 11.5 Å². The van der Waals surface area contributed by atoms with E-state index in [0.29, 0.717) is 35.7 Å². The Kier molecular flexibility index (Phi) is 5.93. The van der Waals surface area contributed by atoms with Crippen LogP contribution in [0.25, 0.3) is 11.3 Å². The summed E-state index contributed by atoms with van der Waals surface area (Å²) < 4.78 is 34.4. The van der Waals surface area contributed by atoms with Crippen LogP contribution >= 0.6 is 0 Å². The van der Waals surface area contributed by atoms with Crippen LogP contribution in [0.1, 0.15) is 5.56 Å². The molecule has 0 radical (unpaired) electrons. The first-order valence-corrected chi connectivity index (χ1v) is 11.2. The highest BCUT2D eigenvalue weighted by Gasteiger charge is 2.15. The first-order valence-electron chi connectivity index (χ1n) is 9.64. The lowest BCUT2D eigenvalue weighted by atomic mass is 10.1. The second-order valence-electron chi connectivity index (χ2n) is 7.10. The van der Waals surface area contributed by atoms with Gasteiger partial charge in [0.1, 0.15) is 6.54 Å². The molecule has 0 saturated carbocycles. The van der Waals surface area contributed by atoms with Crippen LogP contribution in [0.5, 0.6) is 11.5 Å². The van der Waals surface area contributed by atoms with Crippen molar-refractivity contribution in [3.05, 3.63) is 70.8 Å². The zero-order valence-electron chi connectivity index (χ0n) is 16.9. The molecule has 2 aromatic carbocycles. The summed E-state index contributed by atoms with van der Waals surface area (Å²) in [4.78, 5) is 28.9. The molecule has 0 unspecified atom stereocenters. The van der Waals surface area contributed by atoms with Crippen molar-refractivity contribution in [3.8, 4) is 22.8 Å². The SMILES string of the molecule is NS(=O)(=O)c1ccc(CCNC(=O)Cn2cnc(-c3ccc4c(c3)OCO4)cc2=O)cc1. The molecule has 0 spiro atoms. The number of sulfonamides is 1. The van der Waals surface area contributed by atoms with Crippen LogP contribution in [0.4, 0.5) is 0 Å². The first-order chi connectivity index (χ1) is 15.3. The fourth-order valence-electron chi connectivity index (χ4n) is 3.16. The number of nitrogens with one attached hydrogen (secondary N) is 1. The summed E-state index contributed by atoms with van der Waals surface area (Å²) in [6, 6.07) is 12.7. The van der Waals surface area contributed by atoms with Gasteiger partial charge in [0.2, 0.25) is 22.7 Å². The van der Waals surface area contributed by atoms with Crippen molar-refractivity contribution in [1.29, 1.82) is 0 Å². The van der Waals surface area contributed by atoms with Crippen molar-refractivity contribution in [2.45, 2.75) is 17.9 Å². The average molecular weight is 456 g/mol. The zero-order valence-corrected chi connectivity index (χ0v) is 17.7. The van der Waals surface area contributed by atoms with E-state index in [1.165, 1.54) is 29.1 Å². The Hall–Kier alpha value is -3.70. The van der Waals surface area contributed by atoms with E-state index >= 15 is 0 Å². The maximum Gasteiger partial charge on any atom is 0.254 e. The summed E-state index contributed by atoms with van der Waals surface area (Å²) in [6.45, 7) is 0.312. The van der Waals surface area contributed by atoms with Crippen LogP contribution in [-0.4, -0.2) is 37.2 Å². The average Bonchev–Trinajstić information content (AvgIpc) is 3.23. The van der Waals surface area contributed by atoms with Crippen LogP contribution in [0.2, 0.25) is 0 Å². The molecule has 0 saturated heterocycles. The third kappa shape index (κ3) is 4.95. The number of nitrogens with two attached hydrogens (primary N) is 1. The Morgan fingerprint density at radius 3 is 2.56 bits per heavy atom. The molecule has 11 heteroatoms. The predicted octanol–water partition coefficient (Wildman–Crippen LogP) is 0.645. The Morgan fingerprint density at radius 2 is 1.84 bits per heavy atom. The topological polar surface area (TPSA) is 143 Å². The number of nitrogens with zero attached hydrogens (tertiary/aromatic N) is 2. The molecule has 4 rings (SSSR count). The van der Waals surface area contributed by atoms with Gasteiger partial charge in [-0.3, -0.25) is 14.2 Å². The van der Waals surface area contributed by atoms with Crippen molar-refractivity contribution in [3.63, 3.8) is 0 Å². The van der Waals surface area contributed by atoms with Crippen molar-refractivity contribution in [1.82, 2.24) is 14.9 Å². The lowest BCUT2D eigenvalue weighted by molar-refractivity contribution is -0.121. The van der Waals surface area contributed by atoms with Gasteiger partial charge in [0, 0.05) is 18.2 Å². The van der Waals surface area contributed by atoms with E-state index in [-0.39, 0.29) is 29.7 Å². The van der Waals surface area contributed by atoms with Gasteiger partial charge < -0.3 is 14.8 Å². The van der Waals surface area contributed by atoms with Crippen molar-refractivity contribution in [2.75, 3.05) is 13.3 Å². The highest BCUT2D eigenvalue weighted by atomic mass is 32.2. The fourth-order valence-corrected chi connectivity index (χ4v) is 3.68. The first kappa shape index (κ1) is 21.5. The van der Waals surface area contributed by atoms with E-state index in [9.17, 15) is 18.0 Å². The lowest BCUT2D eigenvalue weighted by Gasteiger charge is -2.09. The largest absolute Gasteiger partial charge is 0.454 e. The minimum absolute atomic E-state index is 0.0290. The Balaban J connectivity index is 1.33. The smallest absolute Gasteiger partial charge is 0.254 e. The van der Waals surface area contributed by atoms with Crippen LogP contribution in [0.3, 0.4) is 0 Å². The number of carbonyl (C=O) groups excluding carboxylic acids is 1. The molecular weight excluding hydrogens is 436 g/mol. The summed E-state index contributed by atoms with van der Waals surface area (Å²) in [5, 5.41) is 7.79. The molecule has 2 heterocycles. The summed E-state index contributed by atoms with van der Waals surface area (Å²) in [6.07, 6.45) is 1.82. The number of hydrogen-bond donors (Lipinski definition) is 2. The molecule has 0 bridgehead atoms. The molecule has 166 valence electrons. The van der Waals surface area contributed by atoms with Gasteiger partial charge in [0.05, 0.1) is 16.9 Å². The second-order valence-corrected chi connectivity index (χ2v) is 8.66. The maximum absolute atomic E-state index is 12.4. The normalized spacial score (nSPS) is 12.5. The van der Waals surface area contributed by atoms with Gasteiger partial charge in [-0.2, -0.15) is 0 Å². The van der Waals surface area contributed by atoms with E-state index in [4.69, 9.17) is 14.6 Å². The molecule has 32 heavy (non-hydrogen) atoms. The number of rotatable bonds is 7. The maximum atomic E-state index is 12.4. The summed E-state index contributed by atoms with van der Waals surface area (Å²) in [7, 11) is -3.74. The third-order valence-electron chi connectivity index (χ3n) is 4.85. The molecule has 3 aromatic rings. The molecule has 0 fully saturated rings. The number of amides is 1. The highest BCUT2D eigenvalue weighted by Crippen LogP contribution is 2.35. The van der Waals surface area contributed by atoms with E-state index in [0.717, 1.165) is 5.56 Å². The number of aromatic nitrogens is 2. The molecule has 0 aliphatic carbocycles. The van der Waals surface area contributed by atoms with Crippen LogP contribution < -0.4 is 25.5 Å². The monoisotopic (exact) mass is 456 g/mol. The second kappa shape index (κ2) is 8.81. The van der Waals surface area contributed by atoms with Crippen LogP contribution in [-0.2, 0) is 27.8 Å². The Morgan fingerprint density at radius 1 is 1.09 bits per heavy atom. The summed E-state index contributed by atoms with van der Waals surface area (Å²) >= 11 is 0. The Bertz CT molecular complexity index is 1320. The van der Waals surface area contributed by atoms with Gasteiger partial charge in [-0.25, -0.2) is 18.5 Å². The minimum atomic E-state index is -3.74. The van der Waals surface area contributed by atoms with Crippen LogP contribution in [0.15, 0.2) is 64.5 Å². The lowest BCUT2D eigenvalue weighted by Crippen LogP contribution is -2.33. The minimum Gasteiger partial charge on any atom is -0.454 e. The Labute approximate surface area is 183 Å². The summed E-state index contributed by atoms with van der Waals surface area (Å²) in [5.74, 6) is 0.886. The predicted molar refractivity (Wildman–Crippen MR) is 115 cm³/mol. The van der Waals surface area contributed by atoms with Gasteiger partial charge in [-0.15, -0.1) is 0 Å². The molecule has 1 amide bonds. The quantitative estimate of drug-likeness (QED) is 0.531. The molecule has 0 atom stereocenters. The summed E-state index contributed by atoms with van der Waals surface area (Å²) in [5.41, 5.74) is 1.65. The number of fused-ring (bicyclic) bond motifs is 1. The standard InChI is InChI=1S/C21H20N4O6S/c22-32(28,29)16-4-1-14(2-5-16)7-8-23-20(26)11-25-12-24-17(10-21(25)27)15-3-6-18-19(9-15)31-13-30-18/h1-6,9-10,12H,7-8,11,13H2,(H,23,26)(H2,22,28,29). The zero-order chi connectivity index (χ0) is 22.7. The van der Waals surface area contributed by atoms with E-state index in [1.807, 2.05) is 0 Å². The van der Waals surface area contributed by atoms with E-state index < -0.39 is 10.0 Å². The molecule has 3 N–H and O–H groups in total. The number of hydrogen-bond acceptors (Lipinski definition) is 7. The number of ether oxygens (including phenoxy) is 2. The van der Waals surface area contributed by atoms with E-state index in [2.05, 4.69) is 10.3 Å². The van der Waals surface area contributed by atoms with Crippen molar-refractivity contribution < 1.29 is 22.7 Å². The van der Waals surface area contributed by atoms with Crippen LogP contribution in [0, 0.1) is 0 Å². The van der Waals surface area contributed by atoms with Gasteiger partial charge >= 0.3 is 0 Å². The molecule has 10 nitrogen and oxygen atoms in total. The molecule has 1 aliphatic heterocycles. The van der Waals surface area contributed by atoms with E-state index in [1.54, 1.807) is 30.3 Å². The molecular formula is C21H20N4O6S. The number of benzene rings is 2. The van der Waals surface area contributed by atoms with Gasteiger partial charge in [0.25, 0.3) is 5.56 Å². The van der Waals surface area contributed by atoms with Gasteiger partial charge in [-0.05, 0) is 42.3 Å². The number of primary sulfonamides is 1. The van der Waals surface area contributed by atoms with Gasteiger partial charge in [-0.1, -0.05) is 12.1 Å². The fraction of sp³-hybridized carbons (Fsp3) is 0.190. The number of carbonyl (C=O) groups is 1. The van der Waals surface area contributed by atoms with Crippen molar-refractivity contribution >= 4 is 15.9 Å². The highest BCUT2D eigenvalue weighted by molar-refractivity contribution is 7.89.